The molecule has 6 nitrogen and oxygen atoms in total. The van der Waals surface area contributed by atoms with Gasteiger partial charge in [-0.2, -0.15) is 0 Å². The third-order valence-electron chi connectivity index (χ3n) is 4.66. The number of amides is 1. The lowest BCUT2D eigenvalue weighted by Gasteiger charge is -2.26. The molecule has 0 fully saturated rings. The van der Waals surface area contributed by atoms with Crippen molar-refractivity contribution in [3.63, 3.8) is 0 Å². The van der Waals surface area contributed by atoms with Crippen LogP contribution in [0.25, 0.3) is 11.1 Å². The van der Waals surface area contributed by atoms with Crippen molar-refractivity contribution >= 4 is 13.7 Å². The lowest BCUT2D eigenvalue weighted by Crippen LogP contribution is -2.41. The molecule has 0 heterocycles. The summed E-state index contributed by atoms with van der Waals surface area (Å²) in [5.74, 6) is -0.0566. The highest BCUT2D eigenvalue weighted by atomic mass is 31.2. The number of hydrogen-bond donors (Lipinski definition) is 3. The molecule has 150 valence electrons. The van der Waals surface area contributed by atoms with Crippen molar-refractivity contribution < 1.29 is 23.9 Å². The summed E-state index contributed by atoms with van der Waals surface area (Å²) in [7, 11) is -4.33. The minimum atomic E-state index is -4.33. The topological polar surface area (TPSA) is 95.9 Å². The fraction of sp³-hybridized carbons (Fsp3) is 0.381. The smallest absolute Gasteiger partial charge is 0.407 e. The Balaban J connectivity index is 1.88. The third-order valence-corrected chi connectivity index (χ3v) is 5.58. The first kappa shape index (κ1) is 20.6. The fourth-order valence-electron chi connectivity index (χ4n) is 3.74. The Labute approximate surface area is 165 Å². The zero-order chi connectivity index (χ0) is 20.5. The van der Waals surface area contributed by atoms with Crippen LogP contribution in [0.4, 0.5) is 4.79 Å². The molecule has 0 aromatic heterocycles. The van der Waals surface area contributed by atoms with Crippen molar-refractivity contribution in [1.29, 1.82) is 0 Å². The van der Waals surface area contributed by atoms with Crippen LogP contribution in [0.1, 0.15) is 44.2 Å². The molecule has 1 amide bonds. The van der Waals surface area contributed by atoms with Gasteiger partial charge < -0.3 is 19.8 Å². The van der Waals surface area contributed by atoms with Crippen LogP contribution in [0.5, 0.6) is 0 Å². The maximum atomic E-state index is 12.2. The second kappa shape index (κ2) is 7.70. The van der Waals surface area contributed by atoms with E-state index in [0.717, 1.165) is 22.3 Å². The number of carbonyl (C=O) groups is 1. The summed E-state index contributed by atoms with van der Waals surface area (Å²) < 4.78 is 17.0. The summed E-state index contributed by atoms with van der Waals surface area (Å²) in [6.45, 7) is 5.23. The number of rotatable bonds is 5. The molecule has 3 N–H and O–H groups in total. The molecule has 1 aliphatic rings. The van der Waals surface area contributed by atoms with Crippen LogP contribution in [0, 0.1) is 0 Å². The average molecular weight is 403 g/mol. The molecular formula is C21H26NO5P. The van der Waals surface area contributed by atoms with Crippen LogP contribution in [-0.4, -0.2) is 33.7 Å². The van der Waals surface area contributed by atoms with Gasteiger partial charge in [0, 0.05) is 12.0 Å². The predicted octanol–water partition coefficient (Wildman–Crippen LogP) is 4.26. The number of fused-ring (bicyclic) bond motifs is 3. The molecule has 1 unspecified atom stereocenters. The maximum Gasteiger partial charge on any atom is 0.407 e. The van der Waals surface area contributed by atoms with Crippen LogP contribution in [0.15, 0.2) is 48.5 Å². The molecule has 3 rings (SSSR count). The fourth-order valence-corrected chi connectivity index (χ4v) is 4.55. The zero-order valence-electron chi connectivity index (χ0n) is 16.3. The van der Waals surface area contributed by atoms with Gasteiger partial charge in [0.05, 0.1) is 6.16 Å². The Morgan fingerprint density at radius 1 is 1.07 bits per heavy atom. The summed E-state index contributed by atoms with van der Waals surface area (Å²) in [5.41, 5.74) is 3.75. The van der Waals surface area contributed by atoms with Crippen LogP contribution < -0.4 is 5.32 Å². The summed E-state index contributed by atoms with van der Waals surface area (Å²) in [4.78, 5) is 31.3. The molecule has 2 aromatic carbocycles. The van der Waals surface area contributed by atoms with Crippen LogP contribution >= 0.6 is 7.60 Å². The van der Waals surface area contributed by atoms with Crippen LogP contribution in [0.3, 0.4) is 0 Å². The lowest BCUT2D eigenvalue weighted by atomic mass is 9.90. The van der Waals surface area contributed by atoms with Crippen molar-refractivity contribution in [3.8, 4) is 11.1 Å². The molecule has 28 heavy (non-hydrogen) atoms. The summed E-state index contributed by atoms with van der Waals surface area (Å²) >= 11 is 0. The van der Waals surface area contributed by atoms with Gasteiger partial charge in [0.2, 0.25) is 0 Å². The van der Waals surface area contributed by atoms with Crippen LogP contribution in [0.2, 0.25) is 0 Å². The SMILES string of the molecule is CC(C)(C)OC(=O)NC(CC1c2ccccc2-c2ccccc21)CP(=O)(O)O. The normalized spacial score (nSPS) is 14.9. The van der Waals surface area contributed by atoms with Gasteiger partial charge in [-0.1, -0.05) is 48.5 Å². The molecule has 0 bridgehead atoms. The van der Waals surface area contributed by atoms with E-state index in [9.17, 15) is 19.1 Å². The number of hydrogen-bond acceptors (Lipinski definition) is 3. The van der Waals surface area contributed by atoms with E-state index in [2.05, 4.69) is 5.32 Å². The molecule has 2 aromatic rings. The summed E-state index contributed by atoms with van der Waals surface area (Å²) in [5, 5.41) is 2.67. The predicted molar refractivity (Wildman–Crippen MR) is 108 cm³/mol. The minimum absolute atomic E-state index is 0.0566. The van der Waals surface area contributed by atoms with E-state index in [1.54, 1.807) is 20.8 Å². The molecule has 1 atom stereocenters. The molecular weight excluding hydrogens is 377 g/mol. The minimum Gasteiger partial charge on any atom is -0.444 e. The third kappa shape index (κ3) is 5.02. The number of ether oxygens (including phenoxy) is 1. The first-order chi connectivity index (χ1) is 13.0. The molecule has 0 radical (unpaired) electrons. The molecule has 0 saturated heterocycles. The van der Waals surface area contributed by atoms with E-state index < -0.39 is 31.5 Å². The van der Waals surface area contributed by atoms with E-state index in [1.165, 1.54) is 0 Å². The van der Waals surface area contributed by atoms with E-state index in [0.29, 0.717) is 6.42 Å². The van der Waals surface area contributed by atoms with Crippen molar-refractivity contribution in [2.45, 2.75) is 44.8 Å². The highest BCUT2D eigenvalue weighted by Crippen LogP contribution is 2.47. The molecule has 0 spiro atoms. The highest BCUT2D eigenvalue weighted by molar-refractivity contribution is 7.51. The average Bonchev–Trinajstić information content (AvgIpc) is 2.86. The Morgan fingerprint density at radius 3 is 2.04 bits per heavy atom. The summed E-state index contributed by atoms with van der Waals surface area (Å²) in [6, 6.07) is 15.3. The molecule has 7 heteroatoms. The first-order valence-electron chi connectivity index (χ1n) is 9.26. The maximum absolute atomic E-state index is 12.2. The Hall–Kier alpha value is -2.14. The first-order valence-corrected chi connectivity index (χ1v) is 11.1. The monoisotopic (exact) mass is 403 g/mol. The number of carbonyl (C=O) groups excluding carboxylic acids is 1. The second-order valence-electron chi connectivity index (χ2n) is 8.15. The summed E-state index contributed by atoms with van der Waals surface area (Å²) in [6.07, 6.45) is -0.739. The largest absolute Gasteiger partial charge is 0.444 e. The van der Waals surface area contributed by atoms with Crippen molar-refractivity contribution in [2.24, 2.45) is 0 Å². The van der Waals surface area contributed by atoms with Gasteiger partial charge in [-0.3, -0.25) is 4.57 Å². The molecule has 0 saturated carbocycles. The van der Waals surface area contributed by atoms with Crippen molar-refractivity contribution in [3.05, 3.63) is 59.7 Å². The highest BCUT2D eigenvalue weighted by Gasteiger charge is 2.33. The van der Waals surface area contributed by atoms with Gasteiger partial charge in [0.1, 0.15) is 5.60 Å². The van der Waals surface area contributed by atoms with E-state index in [1.807, 2.05) is 48.5 Å². The van der Waals surface area contributed by atoms with Crippen molar-refractivity contribution in [2.75, 3.05) is 6.16 Å². The number of benzene rings is 2. The number of alkyl carbamates (subject to hydrolysis) is 1. The second-order valence-corrected chi connectivity index (χ2v) is 9.85. The van der Waals surface area contributed by atoms with Gasteiger partial charge in [-0.05, 0) is 49.4 Å². The van der Waals surface area contributed by atoms with Gasteiger partial charge in [0.25, 0.3) is 0 Å². The number of nitrogens with one attached hydrogen (secondary N) is 1. The standard InChI is InChI=1S/C21H26NO5P/c1-21(2,3)27-20(23)22-14(13-28(24,25)26)12-19-17-10-6-4-8-15(17)16-9-5-7-11-18(16)19/h4-11,14,19H,12-13H2,1-3H3,(H,22,23)(H2,24,25,26). The molecule has 1 aliphatic carbocycles. The van der Waals surface area contributed by atoms with E-state index >= 15 is 0 Å². The van der Waals surface area contributed by atoms with Crippen molar-refractivity contribution in [1.82, 2.24) is 5.32 Å². The van der Waals surface area contributed by atoms with Gasteiger partial charge in [0.15, 0.2) is 0 Å². The Kier molecular flexibility index (Phi) is 5.67. The van der Waals surface area contributed by atoms with Crippen LogP contribution in [-0.2, 0) is 9.30 Å². The Morgan fingerprint density at radius 2 is 1.57 bits per heavy atom. The zero-order valence-corrected chi connectivity index (χ0v) is 17.1. The van der Waals surface area contributed by atoms with Gasteiger partial charge in [-0.15, -0.1) is 0 Å². The Bertz CT molecular complexity index is 870. The quantitative estimate of drug-likeness (QED) is 0.649. The van der Waals surface area contributed by atoms with E-state index in [4.69, 9.17) is 4.74 Å². The van der Waals surface area contributed by atoms with Gasteiger partial charge in [-0.25, -0.2) is 4.79 Å². The van der Waals surface area contributed by atoms with E-state index in [-0.39, 0.29) is 5.92 Å². The molecule has 0 aliphatic heterocycles. The lowest BCUT2D eigenvalue weighted by molar-refractivity contribution is 0.0505. The van der Waals surface area contributed by atoms with Gasteiger partial charge >= 0.3 is 13.7 Å².